The molecule has 3 N–H and O–H groups in total. The smallest absolute Gasteiger partial charge is 0.222 e. The number of nitrogens with zero attached hydrogens (tertiary/aromatic N) is 2. The molecule has 0 saturated heterocycles. The van der Waals surface area contributed by atoms with Crippen LogP contribution in [-0.2, 0) is 0 Å². The highest BCUT2D eigenvalue weighted by Crippen LogP contribution is 2.25. The molecule has 1 aromatic heterocycles. The Morgan fingerprint density at radius 2 is 1.75 bits per heavy atom. The molecule has 1 heterocycles. The number of hydrogen-bond acceptors (Lipinski definition) is 5. The summed E-state index contributed by atoms with van der Waals surface area (Å²) in [6.07, 6.45) is 2.06. The van der Waals surface area contributed by atoms with Gasteiger partial charge in [0.25, 0.3) is 0 Å². The van der Waals surface area contributed by atoms with Crippen molar-refractivity contribution in [1.29, 1.82) is 0 Å². The summed E-state index contributed by atoms with van der Waals surface area (Å²) in [6.45, 7) is 0. The number of nitrogens with one attached hydrogen (secondary N) is 1. The van der Waals surface area contributed by atoms with Gasteiger partial charge in [-0.1, -0.05) is 12.1 Å². The molecular weight excluding hydrogens is 268 g/mol. The van der Waals surface area contributed by atoms with E-state index in [2.05, 4.69) is 33.7 Å². The minimum atomic E-state index is 0.270. The van der Waals surface area contributed by atoms with E-state index >= 15 is 0 Å². The molecule has 0 fully saturated rings. The van der Waals surface area contributed by atoms with Crippen LogP contribution in [0.5, 0.6) is 0 Å². The van der Waals surface area contributed by atoms with E-state index in [1.54, 1.807) is 11.8 Å². The first-order valence-electron chi connectivity index (χ1n) is 6.19. The Kier molecular flexibility index (Phi) is 3.43. The third-order valence-electron chi connectivity index (χ3n) is 2.97. The number of benzene rings is 2. The van der Waals surface area contributed by atoms with Gasteiger partial charge in [0.15, 0.2) is 0 Å². The lowest BCUT2D eigenvalue weighted by atomic mass is 10.2. The number of nitrogen functional groups attached to an aromatic ring is 1. The van der Waals surface area contributed by atoms with Gasteiger partial charge >= 0.3 is 0 Å². The molecular formula is C15H14N4S. The first-order valence-corrected chi connectivity index (χ1v) is 7.42. The van der Waals surface area contributed by atoms with E-state index in [-0.39, 0.29) is 5.95 Å². The molecule has 0 amide bonds. The zero-order valence-electron chi connectivity index (χ0n) is 11.0. The summed E-state index contributed by atoms with van der Waals surface area (Å²) in [4.78, 5) is 9.74. The van der Waals surface area contributed by atoms with Gasteiger partial charge in [0, 0.05) is 16.0 Å². The standard InChI is InChI=1S/C15H14N4S/c1-20-11-8-6-10(7-9-11)17-14-12-4-2-3-5-13(12)18-15(16)19-14/h2-9H,1H3,(H3,16,17,18,19). The van der Waals surface area contributed by atoms with Crippen molar-refractivity contribution in [2.75, 3.05) is 17.3 Å². The lowest BCUT2D eigenvalue weighted by Gasteiger charge is -2.09. The van der Waals surface area contributed by atoms with E-state index in [1.165, 1.54) is 4.90 Å². The van der Waals surface area contributed by atoms with Gasteiger partial charge in [-0.2, -0.15) is 4.98 Å². The third kappa shape index (κ3) is 2.53. The number of nitrogens with two attached hydrogens (primary N) is 1. The average Bonchev–Trinajstić information content (AvgIpc) is 2.48. The first kappa shape index (κ1) is 12.7. The summed E-state index contributed by atoms with van der Waals surface area (Å²) in [6, 6.07) is 16.0. The van der Waals surface area contributed by atoms with Crippen molar-refractivity contribution in [3.8, 4) is 0 Å². The van der Waals surface area contributed by atoms with E-state index in [0.29, 0.717) is 0 Å². The molecule has 2 aromatic carbocycles. The summed E-state index contributed by atoms with van der Waals surface area (Å²) in [5.74, 6) is 0.997. The van der Waals surface area contributed by atoms with E-state index < -0.39 is 0 Å². The predicted octanol–water partition coefficient (Wildman–Crippen LogP) is 3.68. The van der Waals surface area contributed by atoms with Crippen LogP contribution in [0.4, 0.5) is 17.5 Å². The molecule has 4 nitrogen and oxygen atoms in total. The van der Waals surface area contributed by atoms with Crippen LogP contribution in [0, 0.1) is 0 Å². The Labute approximate surface area is 121 Å². The summed E-state index contributed by atoms with van der Waals surface area (Å²) in [5.41, 5.74) is 7.57. The molecule has 0 atom stereocenters. The number of rotatable bonds is 3. The van der Waals surface area contributed by atoms with Gasteiger partial charge in [0.2, 0.25) is 5.95 Å². The molecule has 0 spiro atoms. The number of aromatic nitrogens is 2. The minimum absolute atomic E-state index is 0.270. The second-order valence-electron chi connectivity index (χ2n) is 4.30. The van der Waals surface area contributed by atoms with Crippen LogP contribution in [0.25, 0.3) is 10.9 Å². The molecule has 3 rings (SSSR count). The van der Waals surface area contributed by atoms with Crippen molar-refractivity contribution in [2.24, 2.45) is 0 Å². The Hall–Kier alpha value is -2.27. The molecule has 0 radical (unpaired) electrons. The monoisotopic (exact) mass is 282 g/mol. The second kappa shape index (κ2) is 5.38. The Morgan fingerprint density at radius 1 is 1.00 bits per heavy atom. The van der Waals surface area contributed by atoms with E-state index in [9.17, 15) is 0 Å². The van der Waals surface area contributed by atoms with Gasteiger partial charge in [-0.15, -0.1) is 11.8 Å². The fraction of sp³-hybridized carbons (Fsp3) is 0.0667. The lowest BCUT2D eigenvalue weighted by Crippen LogP contribution is -2.01. The van der Waals surface area contributed by atoms with Gasteiger partial charge in [0.1, 0.15) is 5.82 Å². The summed E-state index contributed by atoms with van der Waals surface area (Å²) < 4.78 is 0. The quantitative estimate of drug-likeness (QED) is 0.717. The molecule has 0 aliphatic heterocycles. The number of anilines is 3. The fourth-order valence-electron chi connectivity index (χ4n) is 2.00. The van der Waals surface area contributed by atoms with Gasteiger partial charge in [-0.25, -0.2) is 4.98 Å². The van der Waals surface area contributed by atoms with Crippen LogP contribution in [0.3, 0.4) is 0 Å². The molecule has 0 aliphatic rings. The number of hydrogen-bond donors (Lipinski definition) is 2. The van der Waals surface area contributed by atoms with Crippen molar-refractivity contribution >= 4 is 40.1 Å². The Bertz CT molecular complexity index is 740. The SMILES string of the molecule is CSc1ccc(Nc2nc(N)nc3ccccc23)cc1. The van der Waals surface area contributed by atoms with Crippen molar-refractivity contribution in [3.05, 3.63) is 48.5 Å². The molecule has 100 valence electrons. The van der Waals surface area contributed by atoms with Crippen LogP contribution < -0.4 is 11.1 Å². The first-order chi connectivity index (χ1) is 9.76. The van der Waals surface area contributed by atoms with Crippen molar-refractivity contribution in [2.45, 2.75) is 4.90 Å². The van der Waals surface area contributed by atoms with Crippen LogP contribution in [0.2, 0.25) is 0 Å². The highest BCUT2D eigenvalue weighted by Gasteiger charge is 2.05. The highest BCUT2D eigenvalue weighted by molar-refractivity contribution is 7.98. The van der Waals surface area contributed by atoms with Crippen LogP contribution in [-0.4, -0.2) is 16.2 Å². The zero-order chi connectivity index (χ0) is 13.9. The van der Waals surface area contributed by atoms with Gasteiger partial charge in [0.05, 0.1) is 5.52 Å². The lowest BCUT2D eigenvalue weighted by molar-refractivity contribution is 1.23. The second-order valence-corrected chi connectivity index (χ2v) is 5.18. The molecule has 3 aromatic rings. The maximum Gasteiger partial charge on any atom is 0.222 e. The van der Waals surface area contributed by atoms with Crippen molar-refractivity contribution in [3.63, 3.8) is 0 Å². The van der Waals surface area contributed by atoms with E-state index in [1.807, 2.05) is 36.4 Å². The summed E-state index contributed by atoms with van der Waals surface area (Å²) >= 11 is 1.72. The zero-order valence-corrected chi connectivity index (χ0v) is 11.8. The fourth-order valence-corrected chi connectivity index (χ4v) is 2.41. The minimum Gasteiger partial charge on any atom is -0.368 e. The molecule has 20 heavy (non-hydrogen) atoms. The van der Waals surface area contributed by atoms with Gasteiger partial charge in [-0.05, 0) is 42.7 Å². The van der Waals surface area contributed by atoms with Crippen molar-refractivity contribution < 1.29 is 0 Å². The molecule has 0 unspecified atom stereocenters. The summed E-state index contributed by atoms with van der Waals surface area (Å²) in [5, 5.41) is 4.25. The molecule has 0 saturated carbocycles. The van der Waals surface area contributed by atoms with E-state index in [0.717, 1.165) is 22.4 Å². The number of para-hydroxylation sites is 1. The van der Waals surface area contributed by atoms with Crippen LogP contribution in [0.1, 0.15) is 0 Å². The average molecular weight is 282 g/mol. The molecule has 0 bridgehead atoms. The maximum atomic E-state index is 5.76. The largest absolute Gasteiger partial charge is 0.368 e. The maximum absolute atomic E-state index is 5.76. The topological polar surface area (TPSA) is 63.8 Å². The third-order valence-corrected chi connectivity index (χ3v) is 3.72. The predicted molar refractivity (Wildman–Crippen MR) is 85.5 cm³/mol. The van der Waals surface area contributed by atoms with Crippen molar-refractivity contribution in [1.82, 2.24) is 9.97 Å². The normalized spacial score (nSPS) is 10.7. The highest BCUT2D eigenvalue weighted by atomic mass is 32.2. The van der Waals surface area contributed by atoms with Gasteiger partial charge < -0.3 is 11.1 Å². The van der Waals surface area contributed by atoms with Crippen LogP contribution >= 0.6 is 11.8 Å². The Morgan fingerprint density at radius 3 is 2.50 bits per heavy atom. The molecule has 5 heteroatoms. The Balaban J connectivity index is 2.01. The van der Waals surface area contributed by atoms with E-state index in [4.69, 9.17) is 5.73 Å². The van der Waals surface area contributed by atoms with Gasteiger partial charge in [-0.3, -0.25) is 0 Å². The van der Waals surface area contributed by atoms with Crippen LogP contribution in [0.15, 0.2) is 53.4 Å². The number of fused-ring (bicyclic) bond motifs is 1. The number of thioether (sulfide) groups is 1. The molecule has 0 aliphatic carbocycles. The summed E-state index contributed by atoms with van der Waals surface area (Å²) in [7, 11) is 0.